The number of ether oxygens (including phenoxy) is 1. The first-order chi connectivity index (χ1) is 8.58. The zero-order valence-electron chi connectivity index (χ0n) is 9.43. The van der Waals surface area contributed by atoms with Crippen molar-refractivity contribution in [2.45, 2.75) is 13.0 Å². The molecule has 0 aromatic heterocycles. The molecular formula is C11H9F2N3O2. The molecule has 0 radical (unpaired) electrons. The van der Waals surface area contributed by atoms with Crippen molar-refractivity contribution in [1.29, 1.82) is 5.26 Å². The van der Waals surface area contributed by atoms with Crippen LogP contribution < -0.4 is 0 Å². The van der Waals surface area contributed by atoms with Gasteiger partial charge in [-0.3, -0.25) is 0 Å². The molecular weight excluding hydrogens is 244 g/mol. The maximum absolute atomic E-state index is 12.8. The fourth-order valence-corrected chi connectivity index (χ4v) is 1.02. The third kappa shape index (κ3) is 3.59. The number of carbonyl (C=O) groups excluding carboxylic acids is 1. The second kappa shape index (κ2) is 6.39. The van der Waals surface area contributed by atoms with Crippen molar-refractivity contribution >= 4 is 11.7 Å². The Morgan fingerprint density at radius 2 is 2.22 bits per heavy atom. The van der Waals surface area contributed by atoms with E-state index in [0.29, 0.717) is 0 Å². The van der Waals surface area contributed by atoms with E-state index in [-0.39, 0.29) is 12.3 Å². The highest BCUT2D eigenvalue weighted by Crippen LogP contribution is 2.17. The molecule has 18 heavy (non-hydrogen) atoms. The molecule has 0 saturated heterocycles. The summed E-state index contributed by atoms with van der Waals surface area (Å²) in [5.41, 5.74) is -0.00144. The summed E-state index contributed by atoms with van der Waals surface area (Å²) in [5, 5.41) is 15.5. The Morgan fingerprint density at radius 1 is 1.50 bits per heavy atom. The number of hydrogen-bond acceptors (Lipinski definition) is 5. The fraction of sp³-hybridized carbons (Fsp3) is 0.273. The third-order valence-corrected chi connectivity index (χ3v) is 1.82. The van der Waals surface area contributed by atoms with Crippen molar-refractivity contribution in [3.63, 3.8) is 0 Å². The molecule has 0 aliphatic heterocycles. The monoisotopic (exact) mass is 253 g/mol. The van der Waals surface area contributed by atoms with Crippen LogP contribution in [-0.2, 0) is 9.53 Å². The molecule has 1 unspecified atom stereocenters. The maximum atomic E-state index is 12.8. The molecule has 0 spiro atoms. The third-order valence-electron chi connectivity index (χ3n) is 1.82. The molecule has 0 amide bonds. The van der Waals surface area contributed by atoms with Gasteiger partial charge in [-0.15, -0.1) is 0 Å². The van der Waals surface area contributed by atoms with Crippen LogP contribution in [0.3, 0.4) is 0 Å². The number of rotatable bonds is 4. The zero-order chi connectivity index (χ0) is 13.5. The number of benzene rings is 1. The minimum atomic E-state index is -1.42. The van der Waals surface area contributed by atoms with Crippen LogP contribution in [-0.4, -0.2) is 18.6 Å². The second-order valence-electron chi connectivity index (χ2n) is 3.10. The number of carbonyl (C=O) groups is 1. The van der Waals surface area contributed by atoms with Crippen molar-refractivity contribution in [2.75, 3.05) is 6.61 Å². The molecule has 0 aliphatic rings. The number of azo groups is 1. The maximum Gasteiger partial charge on any atom is 0.347 e. The molecule has 0 bridgehead atoms. The number of nitrogens with zero attached hydrogens (tertiary/aromatic N) is 3. The molecule has 0 fully saturated rings. The summed E-state index contributed by atoms with van der Waals surface area (Å²) in [7, 11) is 0. The number of nitriles is 1. The van der Waals surface area contributed by atoms with Gasteiger partial charge in [0.15, 0.2) is 11.6 Å². The summed E-state index contributed by atoms with van der Waals surface area (Å²) < 4.78 is 30.0. The van der Waals surface area contributed by atoms with Crippen molar-refractivity contribution < 1.29 is 18.3 Å². The Labute approximate surface area is 102 Å². The number of halogens is 2. The van der Waals surface area contributed by atoms with Gasteiger partial charge >= 0.3 is 5.97 Å². The van der Waals surface area contributed by atoms with Crippen LogP contribution in [0.25, 0.3) is 0 Å². The van der Waals surface area contributed by atoms with E-state index in [1.54, 1.807) is 13.0 Å². The van der Waals surface area contributed by atoms with Gasteiger partial charge in [0.1, 0.15) is 6.07 Å². The largest absolute Gasteiger partial charge is 0.464 e. The van der Waals surface area contributed by atoms with Gasteiger partial charge in [0.25, 0.3) is 6.04 Å². The minimum Gasteiger partial charge on any atom is -0.464 e. The van der Waals surface area contributed by atoms with Crippen molar-refractivity contribution in [3.8, 4) is 6.07 Å². The lowest BCUT2D eigenvalue weighted by Gasteiger charge is -2.01. The SMILES string of the molecule is CCOC(=O)C(C#N)N=Nc1ccc(F)c(F)c1. The Morgan fingerprint density at radius 3 is 2.78 bits per heavy atom. The summed E-state index contributed by atoms with van der Waals surface area (Å²) >= 11 is 0. The molecule has 0 heterocycles. The summed E-state index contributed by atoms with van der Waals surface area (Å²) in [6.45, 7) is 1.69. The van der Waals surface area contributed by atoms with Crippen molar-refractivity contribution in [2.24, 2.45) is 10.2 Å². The van der Waals surface area contributed by atoms with Gasteiger partial charge in [0.05, 0.1) is 12.3 Å². The van der Waals surface area contributed by atoms with Crippen LogP contribution in [0.1, 0.15) is 6.92 Å². The van der Waals surface area contributed by atoms with Crippen LogP contribution in [0.2, 0.25) is 0 Å². The Kier molecular flexibility index (Phi) is 4.87. The lowest BCUT2D eigenvalue weighted by atomic mass is 10.3. The molecule has 1 rings (SSSR count). The van der Waals surface area contributed by atoms with E-state index in [4.69, 9.17) is 5.26 Å². The van der Waals surface area contributed by atoms with Crippen LogP contribution in [0.5, 0.6) is 0 Å². The molecule has 0 N–H and O–H groups in total. The van der Waals surface area contributed by atoms with Gasteiger partial charge in [-0.25, -0.2) is 13.6 Å². The summed E-state index contributed by atoms with van der Waals surface area (Å²) in [4.78, 5) is 11.2. The number of hydrogen-bond donors (Lipinski definition) is 0. The Bertz CT molecular complexity index is 512. The summed E-state index contributed by atoms with van der Waals surface area (Å²) in [6.07, 6.45) is 0. The summed E-state index contributed by atoms with van der Waals surface area (Å²) in [6, 6.07) is 3.00. The van der Waals surface area contributed by atoms with E-state index in [9.17, 15) is 13.6 Å². The van der Waals surface area contributed by atoms with E-state index in [1.807, 2.05) is 0 Å². The van der Waals surface area contributed by atoms with E-state index in [2.05, 4.69) is 15.0 Å². The van der Waals surface area contributed by atoms with Crippen LogP contribution >= 0.6 is 0 Å². The van der Waals surface area contributed by atoms with E-state index < -0.39 is 23.6 Å². The lowest BCUT2D eigenvalue weighted by Crippen LogP contribution is -2.19. The molecule has 0 saturated carbocycles. The normalized spacial score (nSPS) is 12.1. The van der Waals surface area contributed by atoms with Gasteiger partial charge in [0.2, 0.25) is 0 Å². The van der Waals surface area contributed by atoms with Gasteiger partial charge in [-0.2, -0.15) is 15.5 Å². The minimum absolute atomic E-state index is 0.00144. The molecule has 94 valence electrons. The topological polar surface area (TPSA) is 74.8 Å². The van der Waals surface area contributed by atoms with Crippen molar-refractivity contribution in [1.82, 2.24) is 0 Å². The summed E-state index contributed by atoms with van der Waals surface area (Å²) in [5.74, 6) is -2.95. The molecule has 5 nitrogen and oxygen atoms in total. The van der Waals surface area contributed by atoms with Gasteiger partial charge in [-0.1, -0.05) is 0 Å². The van der Waals surface area contributed by atoms with Gasteiger partial charge in [-0.05, 0) is 19.1 Å². The Hall–Kier alpha value is -2.36. The van der Waals surface area contributed by atoms with E-state index in [1.165, 1.54) is 6.07 Å². The Balaban J connectivity index is 2.81. The highest BCUT2D eigenvalue weighted by molar-refractivity contribution is 5.78. The first-order valence-corrected chi connectivity index (χ1v) is 5.00. The lowest BCUT2D eigenvalue weighted by molar-refractivity contribution is -0.143. The molecule has 7 heteroatoms. The van der Waals surface area contributed by atoms with Crippen LogP contribution in [0, 0.1) is 23.0 Å². The smallest absolute Gasteiger partial charge is 0.347 e. The second-order valence-corrected chi connectivity index (χ2v) is 3.10. The van der Waals surface area contributed by atoms with E-state index >= 15 is 0 Å². The average Bonchev–Trinajstić information content (AvgIpc) is 2.34. The van der Waals surface area contributed by atoms with Crippen LogP contribution in [0.15, 0.2) is 28.4 Å². The molecule has 1 atom stereocenters. The first-order valence-electron chi connectivity index (χ1n) is 5.00. The number of esters is 1. The molecule has 1 aromatic carbocycles. The predicted octanol–water partition coefficient (Wildman–Crippen LogP) is 2.50. The zero-order valence-corrected chi connectivity index (χ0v) is 9.43. The van der Waals surface area contributed by atoms with Gasteiger partial charge < -0.3 is 4.74 Å². The highest BCUT2D eigenvalue weighted by atomic mass is 19.2. The predicted molar refractivity (Wildman–Crippen MR) is 56.9 cm³/mol. The van der Waals surface area contributed by atoms with Crippen molar-refractivity contribution in [3.05, 3.63) is 29.8 Å². The van der Waals surface area contributed by atoms with Gasteiger partial charge in [0, 0.05) is 6.07 Å². The molecule has 1 aromatic rings. The standard InChI is InChI=1S/C11H9F2N3O2/c1-2-18-11(17)10(6-14)16-15-7-3-4-8(12)9(13)5-7/h3-5,10H,2H2,1H3. The quantitative estimate of drug-likeness (QED) is 0.611. The molecule has 0 aliphatic carbocycles. The fourth-order valence-electron chi connectivity index (χ4n) is 1.02. The van der Waals surface area contributed by atoms with Crippen LogP contribution in [0.4, 0.5) is 14.5 Å². The highest BCUT2D eigenvalue weighted by Gasteiger charge is 2.18. The first kappa shape index (κ1) is 13.7. The average molecular weight is 253 g/mol. The van der Waals surface area contributed by atoms with E-state index in [0.717, 1.165) is 12.1 Å².